The Morgan fingerprint density at radius 2 is 1.90 bits per heavy atom. The predicted octanol–water partition coefficient (Wildman–Crippen LogP) is 4.78. The van der Waals surface area contributed by atoms with E-state index in [0.29, 0.717) is 48.0 Å². The molecule has 0 bridgehead atoms. The molecule has 10 heteroatoms. The first-order valence-corrected chi connectivity index (χ1v) is 15.2. The fourth-order valence-corrected chi connectivity index (χ4v) is 7.06. The number of carboxylic acids is 1. The highest BCUT2D eigenvalue weighted by atomic mass is 32.2. The highest BCUT2D eigenvalue weighted by molar-refractivity contribution is 7.99. The van der Waals surface area contributed by atoms with Gasteiger partial charge >= 0.3 is 11.9 Å². The summed E-state index contributed by atoms with van der Waals surface area (Å²) in [6.07, 6.45) is 1.43. The van der Waals surface area contributed by atoms with Crippen LogP contribution >= 0.6 is 11.8 Å². The molecular formula is C32H33FO8S. The van der Waals surface area contributed by atoms with Crippen LogP contribution in [0.2, 0.25) is 0 Å². The summed E-state index contributed by atoms with van der Waals surface area (Å²) in [5, 5.41) is 41.5. The van der Waals surface area contributed by atoms with Crippen molar-refractivity contribution in [3.05, 3.63) is 76.6 Å². The molecule has 222 valence electrons. The van der Waals surface area contributed by atoms with E-state index in [0.717, 1.165) is 27.8 Å². The molecule has 1 saturated heterocycles. The Bertz CT molecular complexity index is 1520. The van der Waals surface area contributed by atoms with Gasteiger partial charge in [0.15, 0.2) is 5.60 Å². The summed E-state index contributed by atoms with van der Waals surface area (Å²) < 4.78 is 32.2. The quantitative estimate of drug-likeness (QED) is 0.272. The van der Waals surface area contributed by atoms with Gasteiger partial charge in [0.2, 0.25) is 0 Å². The Hall–Kier alpha value is -3.31. The number of aliphatic carboxylic acids is 1. The number of carbonyl (C=O) groups is 1. The van der Waals surface area contributed by atoms with Crippen LogP contribution in [0.4, 0.5) is 4.39 Å². The molecule has 3 aliphatic rings. The largest absolute Gasteiger partial charge is 0.493 e. The van der Waals surface area contributed by atoms with Crippen molar-refractivity contribution < 1.29 is 43.8 Å². The molecule has 2 fully saturated rings. The Kier molecular flexibility index (Phi) is 7.59. The van der Waals surface area contributed by atoms with Gasteiger partial charge < -0.3 is 34.6 Å². The normalized spacial score (nSPS) is 20.9. The summed E-state index contributed by atoms with van der Waals surface area (Å²) in [4.78, 5) is 11.2. The van der Waals surface area contributed by atoms with Crippen molar-refractivity contribution >= 4 is 17.7 Å². The van der Waals surface area contributed by atoms with Gasteiger partial charge in [-0.15, -0.1) is 0 Å². The molecule has 1 aliphatic carbocycles. The van der Waals surface area contributed by atoms with Gasteiger partial charge in [0, 0.05) is 24.0 Å². The molecular weight excluding hydrogens is 563 g/mol. The van der Waals surface area contributed by atoms with Crippen molar-refractivity contribution in [1.29, 1.82) is 0 Å². The first-order valence-electron chi connectivity index (χ1n) is 14.0. The zero-order valence-corrected chi connectivity index (χ0v) is 24.0. The number of ether oxygens (including phenoxy) is 3. The van der Waals surface area contributed by atoms with Gasteiger partial charge in [-0.25, -0.2) is 4.39 Å². The Morgan fingerprint density at radius 1 is 1.12 bits per heavy atom. The van der Waals surface area contributed by atoms with Crippen molar-refractivity contribution in [2.75, 3.05) is 18.1 Å². The third kappa shape index (κ3) is 5.56. The van der Waals surface area contributed by atoms with Crippen molar-refractivity contribution in [2.24, 2.45) is 5.92 Å². The van der Waals surface area contributed by atoms with Gasteiger partial charge in [-0.1, -0.05) is 12.1 Å². The van der Waals surface area contributed by atoms with Crippen LogP contribution in [-0.4, -0.2) is 56.1 Å². The zero-order chi connectivity index (χ0) is 29.6. The SMILES string of the molecule is Cc1cc(OC(O)(O)C2(O)CCSCC2)cc2c1-c1cc(COc3ccc([C@H]4C[C@@H]4C(=O)O)c(F)c3)ccc1OCC2. The van der Waals surface area contributed by atoms with Gasteiger partial charge in [-0.05, 0) is 95.8 Å². The summed E-state index contributed by atoms with van der Waals surface area (Å²) in [6, 6.07) is 13.8. The topological polar surface area (TPSA) is 126 Å². The van der Waals surface area contributed by atoms with E-state index in [1.54, 1.807) is 36.0 Å². The minimum atomic E-state index is -2.73. The molecule has 0 radical (unpaired) electrons. The zero-order valence-electron chi connectivity index (χ0n) is 23.1. The second-order valence-electron chi connectivity index (χ2n) is 11.3. The average molecular weight is 597 g/mol. The Labute approximate surface area is 247 Å². The minimum Gasteiger partial charge on any atom is -0.493 e. The number of fused-ring (bicyclic) bond motifs is 3. The second kappa shape index (κ2) is 11.1. The number of hydrogen-bond donors (Lipinski definition) is 4. The predicted molar refractivity (Wildman–Crippen MR) is 154 cm³/mol. The molecule has 1 saturated carbocycles. The number of halogens is 1. The van der Waals surface area contributed by atoms with Crippen molar-refractivity contribution in [2.45, 2.75) is 56.7 Å². The fraction of sp³-hybridized carbons (Fsp3) is 0.406. The smallest absolute Gasteiger partial charge is 0.352 e. The lowest BCUT2D eigenvalue weighted by molar-refractivity contribution is -0.376. The lowest BCUT2D eigenvalue weighted by Gasteiger charge is -2.40. The van der Waals surface area contributed by atoms with E-state index in [1.165, 1.54) is 6.07 Å². The van der Waals surface area contributed by atoms with Crippen LogP contribution in [0, 0.1) is 18.7 Å². The second-order valence-corrected chi connectivity index (χ2v) is 12.5. The van der Waals surface area contributed by atoms with E-state index in [9.17, 15) is 24.5 Å². The molecule has 0 unspecified atom stereocenters. The van der Waals surface area contributed by atoms with Crippen molar-refractivity contribution in [1.82, 2.24) is 0 Å². The number of rotatable bonds is 8. The molecule has 0 aromatic heterocycles. The molecule has 2 aliphatic heterocycles. The van der Waals surface area contributed by atoms with Gasteiger partial charge in [0.25, 0.3) is 0 Å². The summed E-state index contributed by atoms with van der Waals surface area (Å²) in [6.45, 7) is 2.50. The lowest BCUT2D eigenvalue weighted by atomic mass is 9.91. The Morgan fingerprint density at radius 3 is 2.62 bits per heavy atom. The maximum absolute atomic E-state index is 14.7. The third-order valence-electron chi connectivity index (χ3n) is 8.40. The van der Waals surface area contributed by atoms with Crippen molar-refractivity contribution in [3.63, 3.8) is 0 Å². The highest BCUT2D eigenvalue weighted by Crippen LogP contribution is 2.49. The molecule has 0 spiro atoms. The van der Waals surface area contributed by atoms with E-state index in [-0.39, 0.29) is 31.1 Å². The van der Waals surface area contributed by atoms with E-state index in [2.05, 4.69) is 0 Å². The molecule has 8 nitrogen and oxygen atoms in total. The van der Waals surface area contributed by atoms with Crippen LogP contribution in [0.25, 0.3) is 11.1 Å². The van der Waals surface area contributed by atoms with Gasteiger partial charge in [-0.2, -0.15) is 11.8 Å². The fourth-order valence-electron chi connectivity index (χ4n) is 5.90. The number of aliphatic hydroxyl groups is 3. The van der Waals surface area contributed by atoms with Gasteiger partial charge in [0.05, 0.1) is 12.5 Å². The number of carboxylic acid groups (broad SMARTS) is 1. The number of benzene rings is 3. The molecule has 6 rings (SSSR count). The first-order chi connectivity index (χ1) is 20.0. The van der Waals surface area contributed by atoms with Crippen LogP contribution in [0.1, 0.15) is 47.4 Å². The van der Waals surface area contributed by atoms with Gasteiger partial charge in [-0.3, -0.25) is 4.79 Å². The molecule has 2 atom stereocenters. The van der Waals surface area contributed by atoms with Crippen LogP contribution in [-0.2, 0) is 17.8 Å². The molecule has 3 aromatic rings. The number of thioether (sulfide) groups is 1. The summed E-state index contributed by atoms with van der Waals surface area (Å²) >= 11 is 1.65. The van der Waals surface area contributed by atoms with Crippen LogP contribution in [0.3, 0.4) is 0 Å². The van der Waals surface area contributed by atoms with E-state index in [1.807, 2.05) is 25.1 Å². The first kappa shape index (κ1) is 28.8. The van der Waals surface area contributed by atoms with Gasteiger partial charge in [0.1, 0.15) is 29.7 Å². The molecule has 42 heavy (non-hydrogen) atoms. The number of hydrogen-bond acceptors (Lipinski definition) is 8. The lowest BCUT2D eigenvalue weighted by Crippen LogP contribution is -2.59. The standard InChI is InChI=1S/C32H33FO8S/c1-18-12-22(41-32(37,38)31(36)7-10-42-11-8-31)14-20-6-9-39-28-5-2-19(13-26(28)29(18)20)17-40-21-3-4-23(27(33)15-21)24-16-25(24)30(34)35/h2-5,12-15,24-25,36-38H,6-11,16-17H2,1H3,(H,34,35)/t24-,25+/m1/s1. The molecule has 2 heterocycles. The summed E-state index contributed by atoms with van der Waals surface area (Å²) in [5.74, 6) is -2.40. The van der Waals surface area contributed by atoms with E-state index in [4.69, 9.17) is 19.3 Å². The number of aryl methyl sites for hydroxylation is 1. The summed E-state index contributed by atoms with van der Waals surface area (Å²) in [5.41, 5.74) is 3.02. The highest BCUT2D eigenvalue weighted by Gasteiger charge is 2.52. The third-order valence-corrected chi connectivity index (χ3v) is 9.39. The maximum atomic E-state index is 14.7. The van der Waals surface area contributed by atoms with Crippen LogP contribution in [0.15, 0.2) is 48.5 Å². The minimum absolute atomic E-state index is 0.178. The average Bonchev–Trinajstić information content (AvgIpc) is 3.75. The molecule has 0 amide bonds. The monoisotopic (exact) mass is 596 g/mol. The van der Waals surface area contributed by atoms with E-state index >= 15 is 0 Å². The van der Waals surface area contributed by atoms with Crippen LogP contribution < -0.4 is 14.2 Å². The molecule has 3 aromatic carbocycles. The van der Waals surface area contributed by atoms with E-state index < -0.39 is 29.3 Å². The van der Waals surface area contributed by atoms with Crippen LogP contribution in [0.5, 0.6) is 17.2 Å². The summed E-state index contributed by atoms with van der Waals surface area (Å²) in [7, 11) is 0. The molecule has 4 N–H and O–H groups in total. The maximum Gasteiger partial charge on any atom is 0.352 e. The van der Waals surface area contributed by atoms with Crippen molar-refractivity contribution in [3.8, 4) is 28.4 Å². The Balaban J connectivity index is 1.21.